The third kappa shape index (κ3) is 7.00. The number of nitrogens with two attached hydrogens (primary N) is 1. The normalized spacial score (nSPS) is 17.1. The smallest absolute Gasteiger partial charge is 0.247 e. The van der Waals surface area contributed by atoms with E-state index in [1.54, 1.807) is 7.05 Å². The molecule has 4 rings (SSSR count). The van der Waals surface area contributed by atoms with E-state index in [0.717, 1.165) is 11.1 Å². The molecule has 2 aromatic rings. The molecule has 42 heavy (non-hydrogen) atoms. The maximum atomic E-state index is 14.5. The van der Waals surface area contributed by atoms with Gasteiger partial charge in [0.05, 0.1) is 22.4 Å². The van der Waals surface area contributed by atoms with Crippen molar-refractivity contribution in [2.75, 3.05) is 32.1 Å². The summed E-state index contributed by atoms with van der Waals surface area (Å²) in [6.45, 7) is 0.288. The Labute approximate surface area is 252 Å². The molecular formula is C28H31Cl2FN6O5. The van der Waals surface area contributed by atoms with Crippen LogP contribution in [0.2, 0.25) is 10.0 Å². The molecule has 2 aliphatic heterocycles. The van der Waals surface area contributed by atoms with Crippen LogP contribution in [0.3, 0.4) is 0 Å². The van der Waals surface area contributed by atoms with Gasteiger partial charge in [-0.05, 0) is 36.2 Å². The first-order valence-electron chi connectivity index (χ1n) is 13.3. The van der Waals surface area contributed by atoms with E-state index in [2.05, 4.69) is 10.6 Å². The van der Waals surface area contributed by atoms with Gasteiger partial charge in [-0.3, -0.25) is 24.0 Å². The van der Waals surface area contributed by atoms with Gasteiger partial charge in [-0.1, -0.05) is 47.5 Å². The first-order chi connectivity index (χ1) is 20.0. The van der Waals surface area contributed by atoms with Crippen molar-refractivity contribution in [2.45, 2.75) is 44.3 Å². The third-order valence-electron chi connectivity index (χ3n) is 7.29. The van der Waals surface area contributed by atoms with Crippen LogP contribution < -0.4 is 16.4 Å². The van der Waals surface area contributed by atoms with E-state index < -0.39 is 35.6 Å². The molecule has 0 bridgehead atoms. The highest BCUT2D eigenvalue weighted by molar-refractivity contribution is 6.42. The predicted octanol–water partition coefficient (Wildman–Crippen LogP) is 1.90. The molecule has 0 unspecified atom stereocenters. The van der Waals surface area contributed by atoms with Crippen molar-refractivity contribution in [3.05, 3.63) is 63.4 Å². The number of nitrogens with zero attached hydrogens (tertiary/aromatic N) is 3. The molecule has 11 nitrogen and oxygen atoms in total. The second-order valence-electron chi connectivity index (χ2n) is 10.2. The molecule has 4 N–H and O–H groups in total. The van der Waals surface area contributed by atoms with Gasteiger partial charge in [0.1, 0.15) is 18.6 Å². The van der Waals surface area contributed by atoms with E-state index >= 15 is 0 Å². The largest absolute Gasteiger partial charge is 0.342 e. The zero-order valence-electron chi connectivity index (χ0n) is 22.9. The number of nitrogens with one attached hydrogen (secondary N) is 2. The van der Waals surface area contributed by atoms with Gasteiger partial charge >= 0.3 is 0 Å². The monoisotopic (exact) mass is 620 g/mol. The van der Waals surface area contributed by atoms with E-state index in [4.69, 9.17) is 28.9 Å². The zero-order chi connectivity index (χ0) is 30.6. The molecule has 5 amide bonds. The van der Waals surface area contributed by atoms with Crippen molar-refractivity contribution in [3.63, 3.8) is 0 Å². The molecule has 0 spiro atoms. The van der Waals surface area contributed by atoms with Gasteiger partial charge in [0, 0.05) is 32.9 Å². The van der Waals surface area contributed by atoms with Gasteiger partial charge in [-0.15, -0.1) is 0 Å². The summed E-state index contributed by atoms with van der Waals surface area (Å²) in [5, 5.41) is 4.69. The number of anilines is 1. The van der Waals surface area contributed by atoms with Crippen LogP contribution in [0.4, 0.5) is 10.1 Å². The van der Waals surface area contributed by atoms with Crippen molar-refractivity contribution in [3.8, 4) is 0 Å². The maximum Gasteiger partial charge on any atom is 0.247 e. The highest BCUT2D eigenvalue weighted by Crippen LogP contribution is 2.30. The van der Waals surface area contributed by atoms with Crippen LogP contribution >= 0.6 is 23.2 Å². The van der Waals surface area contributed by atoms with E-state index in [-0.39, 0.29) is 79.5 Å². The third-order valence-corrected chi connectivity index (χ3v) is 8.07. The second kappa shape index (κ2) is 13.5. The van der Waals surface area contributed by atoms with Gasteiger partial charge in [0.2, 0.25) is 29.5 Å². The van der Waals surface area contributed by atoms with Gasteiger partial charge < -0.3 is 31.1 Å². The molecule has 1 saturated heterocycles. The van der Waals surface area contributed by atoms with Gasteiger partial charge in [-0.25, -0.2) is 4.39 Å². The lowest BCUT2D eigenvalue weighted by Crippen LogP contribution is -2.56. The van der Waals surface area contributed by atoms with Gasteiger partial charge in [-0.2, -0.15) is 0 Å². The van der Waals surface area contributed by atoms with Crippen LogP contribution in [0.15, 0.2) is 36.4 Å². The minimum atomic E-state index is -1.14. The lowest BCUT2D eigenvalue weighted by molar-refractivity contribution is -0.144. The molecule has 0 aromatic heterocycles. The van der Waals surface area contributed by atoms with Crippen LogP contribution in [0.1, 0.15) is 30.4 Å². The Balaban J connectivity index is 1.48. The highest BCUT2D eigenvalue weighted by atomic mass is 35.5. The quantitative estimate of drug-likeness (QED) is 0.365. The van der Waals surface area contributed by atoms with E-state index in [9.17, 15) is 28.4 Å². The lowest BCUT2D eigenvalue weighted by Gasteiger charge is -2.37. The van der Waals surface area contributed by atoms with Crippen LogP contribution in [-0.4, -0.2) is 83.1 Å². The predicted molar refractivity (Wildman–Crippen MR) is 154 cm³/mol. The molecule has 0 aliphatic carbocycles. The standard InChI is InChI=1S/C28H31Cl2FN6O5/c1-35-15-36(14-24(35)40)22(38)8-9-23(39)37-13-17-5-3-2-4-16(17)12-21(37)28(42)34-20(10-11-32)27(41)33-19-7-6-18(29)25(30)26(19)31/h2-7,20-21H,8-15,32H2,1H3,(H,33,41)(H,34,42)/t20-,21-/m0/s1. The molecule has 2 aromatic carbocycles. The Kier molecular flexibility index (Phi) is 10.0. The average Bonchev–Trinajstić information content (AvgIpc) is 3.32. The molecule has 2 aliphatic rings. The average molecular weight is 621 g/mol. The first-order valence-corrected chi connectivity index (χ1v) is 14.1. The van der Waals surface area contributed by atoms with Crippen LogP contribution in [0, 0.1) is 5.82 Å². The number of carbonyl (C=O) groups excluding carboxylic acids is 5. The van der Waals surface area contributed by atoms with Crippen LogP contribution in [0.25, 0.3) is 0 Å². The second-order valence-corrected chi connectivity index (χ2v) is 11.0. The Morgan fingerprint density at radius 1 is 1.05 bits per heavy atom. The van der Waals surface area contributed by atoms with Gasteiger partial charge in [0.15, 0.2) is 5.82 Å². The molecule has 0 saturated carbocycles. The summed E-state index contributed by atoms with van der Waals surface area (Å²) in [5.41, 5.74) is 7.21. The number of hydrogen-bond donors (Lipinski definition) is 3. The van der Waals surface area contributed by atoms with E-state index in [0.29, 0.717) is 0 Å². The summed E-state index contributed by atoms with van der Waals surface area (Å²) in [6, 6.07) is 7.83. The summed E-state index contributed by atoms with van der Waals surface area (Å²) < 4.78 is 14.5. The maximum absolute atomic E-state index is 14.5. The SMILES string of the molecule is CN1CN(C(=O)CCC(=O)N2Cc3ccccc3C[C@H]2C(=O)N[C@@H](CCN)C(=O)Nc2ccc(Cl)c(Cl)c2F)CC1=O. The fourth-order valence-corrected chi connectivity index (χ4v) is 5.23. The number of rotatable bonds is 9. The molecule has 2 atom stereocenters. The molecule has 2 heterocycles. The summed E-state index contributed by atoms with van der Waals surface area (Å²) in [5.74, 6) is -3.19. The van der Waals surface area contributed by atoms with Crippen LogP contribution in [-0.2, 0) is 36.9 Å². The number of carbonyl (C=O) groups is 5. The fraction of sp³-hybridized carbons (Fsp3) is 0.393. The molecular weight excluding hydrogens is 590 g/mol. The number of hydrogen-bond acceptors (Lipinski definition) is 6. The summed E-state index contributed by atoms with van der Waals surface area (Å²) in [4.78, 5) is 68.7. The lowest BCUT2D eigenvalue weighted by atomic mass is 9.92. The van der Waals surface area contributed by atoms with Crippen LogP contribution in [0.5, 0.6) is 0 Å². The fourth-order valence-electron chi connectivity index (χ4n) is 4.92. The van der Waals surface area contributed by atoms with Crippen molar-refractivity contribution in [2.24, 2.45) is 5.73 Å². The number of likely N-dealkylation sites (N-methyl/N-ethyl adjacent to an activating group) is 1. The van der Waals surface area contributed by atoms with E-state index in [1.807, 2.05) is 24.3 Å². The summed E-state index contributed by atoms with van der Waals surface area (Å²) in [6.07, 6.45) is -0.0663. The number of halogens is 3. The topological polar surface area (TPSA) is 145 Å². The summed E-state index contributed by atoms with van der Waals surface area (Å²) >= 11 is 11.7. The zero-order valence-corrected chi connectivity index (χ0v) is 24.4. The molecule has 0 radical (unpaired) electrons. The van der Waals surface area contributed by atoms with E-state index in [1.165, 1.54) is 26.8 Å². The Hall–Kier alpha value is -3.74. The number of amides is 5. The minimum absolute atomic E-state index is 0.0238. The Morgan fingerprint density at radius 3 is 2.40 bits per heavy atom. The van der Waals surface area contributed by atoms with Crippen molar-refractivity contribution in [1.82, 2.24) is 20.0 Å². The van der Waals surface area contributed by atoms with Crippen molar-refractivity contribution < 1.29 is 28.4 Å². The minimum Gasteiger partial charge on any atom is -0.342 e. The highest BCUT2D eigenvalue weighted by Gasteiger charge is 2.37. The number of benzene rings is 2. The summed E-state index contributed by atoms with van der Waals surface area (Å²) in [7, 11) is 1.59. The van der Waals surface area contributed by atoms with Gasteiger partial charge in [0.25, 0.3) is 0 Å². The molecule has 14 heteroatoms. The van der Waals surface area contributed by atoms with Crippen molar-refractivity contribution >= 4 is 58.4 Å². The number of fused-ring (bicyclic) bond motifs is 1. The molecule has 224 valence electrons. The van der Waals surface area contributed by atoms with Crippen molar-refractivity contribution in [1.29, 1.82) is 0 Å². The first kappa shape index (κ1) is 31.2. The Bertz CT molecular complexity index is 1410. The molecule has 1 fully saturated rings. The Morgan fingerprint density at radius 2 is 1.74 bits per heavy atom.